The van der Waals surface area contributed by atoms with Gasteiger partial charge in [-0.3, -0.25) is 4.52 Å². The molecule has 1 saturated heterocycles. The van der Waals surface area contributed by atoms with Gasteiger partial charge in [0.15, 0.2) is 6.29 Å². The van der Waals surface area contributed by atoms with E-state index < -0.39 is 76.7 Å². The first kappa shape index (κ1) is 22.8. The lowest BCUT2D eigenvalue weighted by Gasteiger charge is -2.41. The molecule has 8 atom stereocenters. The van der Waals surface area contributed by atoms with E-state index in [2.05, 4.69) is 4.52 Å². The zero-order valence-electron chi connectivity index (χ0n) is 12.8. The number of aliphatic hydroxyl groups is 7. The molecule has 0 unspecified atom stereocenters. The monoisotopic (exact) mass is 394 g/mol. The molecule has 0 saturated carbocycles. The van der Waals surface area contributed by atoms with Gasteiger partial charge in [-0.2, -0.15) is 0 Å². The fourth-order valence-corrected chi connectivity index (χ4v) is 2.44. The van der Waals surface area contributed by atoms with Crippen molar-refractivity contribution in [1.82, 2.24) is 0 Å². The summed E-state index contributed by atoms with van der Waals surface area (Å²) in [5, 5.41) is 66.4. The average molecular weight is 394 g/mol. The third-order valence-corrected chi connectivity index (χ3v) is 4.01. The first-order valence-corrected chi connectivity index (χ1v) is 8.68. The summed E-state index contributed by atoms with van der Waals surface area (Å²) in [5.74, 6) is 0. The Bertz CT molecular complexity index is 442. The van der Waals surface area contributed by atoms with Crippen LogP contribution < -0.4 is 0 Å². The highest BCUT2D eigenvalue weighted by Gasteiger charge is 2.46. The lowest BCUT2D eigenvalue weighted by atomic mass is 9.99. The molecule has 0 aromatic heterocycles. The van der Waals surface area contributed by atoms with Gasteiger partial charge in [0.05, 0.1) is 19.8 Å². The molecule has 25 heavy (non-hydrogen) atoms. The summed E-state index contributed by atoms with van der Waals surface area (Å²) in [6, 6.07) is 0. The van der Waals surface area contributed by atoms with Crippen molar-refractivity contribution >= 4 is 7.82 Å². The molecular formula is C11H23O13P. The quantitative estimate of drug-likeness (QED) is 0.167. The Balaban J connectivity index is 2.88. The molecule has 150 valence electrons. The summed E-state index contributed by atoms with van der Waals surface area (Å²) < 4.78 is 25.1. The predicted octanol–water partition coefficient (Wildman–Crippen LogP) is -5.01. The standard InChI is InChI=1S/C11H23O13P/c12-1-4(14)7(15)6(3-22-25(19,20)21)24-11-10(18)9(17)8(16)5(2-13)23-11/h4-18H,1-3H2,(H2,19,20,21)/t4-,5+,6+,7-,8+,9-,10+,11-/m0/s1. The minimum atomic E-state index is -4.97. The highest BCUT2D eigenvalue weighted by molar-refractivity contribution is 7.46. The maximum atomic E-state index is 10.8. The van der Waals surface area contributed by atoms with Gasteiger partial charge in [-0.15, -0.1) is 0 Å². The summed E-state index contributed by atoms with van der Waals surface area (Å²) in [6.45, 7) is -2.65. The minimum Gasteiger partial charge on any atom is -0.394 e. The Morgan fingerprint density at radius 3 is 2.12 bits per heavy atom. The van der Waals surface area contributed by atoms with E-state index in [0.29, 0.717) is 0 Å². The van der Waals surface area contributed by atoms with E-state index in [9.17, 15) is 30.1 Å². The predicted molar refractivity (Wildman–Crippen MR) is 75.7 cm³/mol. The van der Waals surface area contributed by atoms with Crippen LogP contribution in [-0.2, 0) is 18.6 Å². The van der Waals surface area contributed by atoms with Crippen molar-refractivity contribution in [2.75, 3.05) is 19.8 Å². The van der Waals surface area contributed by atoms with Crippen molar-refractivity contribution < 1.29 is 64.1 Å². The maximum absolute atomic E-state index is 10.8. The highest BCUT2D eigenvalue weighted by Crippen LogP contribution is 2.36. The maximum Gasteiger partial charge on any atom is 0.469 e. The molecule has 1 fully saturated rings. The normalized spacial score (nSPS) is 34.5. The van der Waals surface area contributed by atoms with Gasteiger partial charge in [0.25, 0.3) is 0 Å². The van der Waals surface area contributed by atoms with Crippen LogP contribution in [0.3, 0.4) is 0 Å². The number of hydrogen-bond acceptors (Lipinski definition) is 11. The van der Waals surface area contributed by atoms with Crippen LogP contribution in [0.5, 0.6) is 0 Å². The van der Waals surface area contributed by atoms with Crippen LogP contribution in [0.2, 0.25) is 0 Å². The molecule has 0 amide bonds. The molecular weight excluding hydrogens is 371 g/mol. The summed E-state index contributed by atoms with van der Waals surface area (Å²) in [6.07, 6.45) is -13.8. The smallest absolute Gasteiger partial charge is 0.394 e. The van der Waals surface area contributed by atoms with E-state index in [1.165, 1.54) is 0 Å². The Morgan fingerprint density at radius 2 is 1.64 bits per heavy atom. The molecule has 1 heterocycles. The van der Waals surface area contributed by atoms with Crippen LogP contribution in [0.4, 0.5) is 0 Å². The summed E-state index contributed by atoms with van der Waals surface area (Å²) in [5.41, 5.74) is 0. The van der Waals surface area contributed by atoms with Gasteiger partial charge >= 0.3 is 7.82 Å². The first-order valence-electron chi connectivity index (χ1n) is 7.14. The van der Waals surface area contributed by atoms with E-state index in [0.717, 1.165) is 0 Å². The second-order valence-electron chi connectivity index (χ2n) is 5.40. The van der Waals surface area contributed by atoms with Gasteiger partial charge < -0.3 is 55.0 Å². The Morgan fingerprint density at radius 1 is 1.04 bits per heavy atom. The van der Waals surface area contributed by atoms with Gasteiger partial charge in [0, 0.05) is 0 Å². The molecule has 13 nitrogen and oxygen atoms in total. The lowest BCUT2D eigenvalue weighted by Crippen LogP contribution is -2.60. The minimum absolute atomic E-state index is 0.754. The molecule has 14 heteroatoms. The van der Waals surface area contributed by atoms with Gasteiger partial charge in [0.1, 0.15) is 42.7 Å². The van der Waals surface area contributed by atoms with Crippen LogP contribution in [0.1, 0.15) is 0 Å². The molecule has 0 spiro atoms. The molecule has 1 aliphatic rings. The van der Waals surface area contributed by atoms with Crippen molar-refractivity contribution in [3.8, 4) is 0 Å². The average Bonchev–Trinajstić information content (AvgIpc) is 2.56. The first-order chi connectivity index (χ1) is 11.5. The number of phosphoric ester groups is 1. The van der Waals surface area contributed by atoms with Gasteiger partial charge in [-0.25, -0.2) is 4.57 Å². The van der Waals surface area contributed by atoms with Gasteiger partial charge in [-0.1, -0.05) is 0 Å². The zero-order chi connectivity index (χ0) is 19.4. The van der Waals surface area contributed by atoms with Gasteiger partial charge in [-0.05, 0) is 0 Å². The van der Waals surface area contributed by atoms with Crippen molar-refractivity contribution in [2.45, 2.75) is 49.0 Å². The van der Waals surface area contributed by atoms with Crippen molar-refractivity contribution in [3.05, 3.63) is 0 Å². The number of aliphatic hydroxyl groups excluding tert-OH is 7. The SMILES string of the molecule is O=P(O)(O)OC[C@@H](O[C@@H]1O[C@H](CO)[C@@H](O)[C@H](O)[C@H]1O)[C@@H](O)[C@@H](O)CO. The fraction of sp³-hybridized carbons (Fsp3) is 1.00. The van der Waals surface area contributed by atoms with Crippen LogP contribution in [0, 0.1) is 0 Å². The number of hydrogen-bond donors (Lipinski definition) is 9. The van der Waals surface area contributed by atoms with E-state index in [4.69, 9.17) is 29.5 Å². The van der Waals surface area contributed by atoms with Crippen LogP contribution in [0.25, 0.3) is 0 Å². The number of rotatable bonds is 9. The topological polar surface area (TPSA) is 227 Å². The second-order valence-corrected chi connectivity index (χ2v) is 6.64. The van der Waals surface area contributed by atoms with E-state index >= 15 is 0 Å². The molecule has 0 aromatic carbocycles. The number of ether oxygens (including phenoxy) is 2. The van der Waals surface area contributed by atoms with E-state index in [1.807, 2.05) is 0 Å². The Hall–Kier alpha value is -0.250. The third kappa shape index (κ3) is 6.45. The van der Waals surface area contributed by atoms with Crippen molar-refractivity contribution in [1.29, 1.82) is 0 Å². The van der Waals surface area contributed by atoms with Crippen LogP contribution in [-0.4, -0.2) is 114 Å². The molecule has 0 aliphatic carbocycles. The van der Waals surface area contributed by atoms with E-state index in [-0.39, 0.29) is 0 Å². The Labute approximate surface area is 141 Å². The van der Waals surface area contributed by atoms with Crippen LogP contribution >= 0.6 is 7.82 Å². The molecule has 0 aromatic rings. The Kier molecular flexibility index (Phi) is 8.77. The molecule has 1 rings (SSSR count). The third-order valence-electron chi connectivity index (χ3n) is 3.53. The lowest BCUT2D eigenvalue weighted by molar-refractivity contribution is -0.321. The summed E-state index contributed by atoms with van der Waals surface area (Å²) in [7, 11) is -4.97. The molecule has 0 radical (unpaired) electrons. The van der Waals surface area contributed by atoms with Crippen molar-refractivity contribution in [3.63, 3.8) is 0 Å². The van der Waals surface area contributed by atoms with Crippen molar-refractivity contribution in [2.24, 2.45) is 0 Å². The molecule has 9 N–H and O–H groups in total. The van der Waals surface area contributed by atoms with Crippen LogP contribution in [0.15, 0.2) is 0 Å². The zero-order valence-corrected chi connectivity index (χ0v) is 13.7. The molecule has 0 bridgehead atoms. The molecule has 1 aliphatic heterocycles. The summed E-state index contributed by atoms with van der Waals surface area (Å²) in [4.78, 5) is 17.4. The van der Waals surface area contributed by atoms with Gasteiger partial charge in [0.2, 0.25) is 0 Å². The van der Waals surface area contributed by atoms with E-state index in [1.54, 1.807) is 0 Å². The fourth-order valence-electron chi connectivity index (χ4n) is 2.10. The number of phosphoric acid groups is 1. The second kappa shape index (κ2) is 9.62. The highest BCUT2D eigenvalue weighted by atomic mass is 31.2. The largest absolute Gasteiger partial charge is 0.469 e. The summed E-state index contributed by atoms with van der Waals surface area (Å²) >= 11 is 0.